The SMILES string of the molecule is COc1cc(N2CCC3(CCN(CC4CCNCC4)CC3)CC2)c(-c2cnn(C)c2)cc1Nc1ncc(Br)c(Nc2ccc3nccnc3c2P(C)(C)=O)n1.O=C(O)C(F)(F)F. The predicted octanol–water partition coefficient (Wildman–Crippen LogP) is 7.64. The molecular formula is C42H52BrF3N11O4P. The lowest BCUT2D eigenvalue weighted by molar-refractivity contribution is -0.192. The van der Waals surface area contributed by atoms with Crippen LogP contribution < -0.4 is 30.9 Å². The number of halogens is 4. The Labute approximate surface area is 366 Å². The van der Waals surface area contributed by atoms with Gasteiger partial charge in [-0.3, -0.25) is 14.6 Å². The van der Waals surface area contributed by atoms with E-state index in [4.69, 9.17) is 19.6 Å². The van der Waals surface area contributed by atoms with Gasteiger partial charge in [0.15, 0.2) is 0 Å². The molecule has 15 nitrogen and oxygen atoms in total. The molecule has 0 amide bonds. The zero-order valence-corrected chi connectivity index (χ0v) is 37.7. The molecule has 0 aliphatic carbocycles. The molecule has 3 aliphatic rings. The van der Waals surface area contributed by atoms with Crippen LogP contribution in [0.2, 0.25) is 0 Å². The van der Waals surface area contributed by atoms with Gasteiger partial charge in [0, 0.05) is 74.3 Å². The Morgan fingerprint density at radius 3 is 2.31 bits per heavy atom. The van der Waals surface area contributed by atoms with E-state index in [0.717, 1.165) is 41.5 Å². The molecule has 3 fully saturated rings. The van der Waals surface area contributed by atoms with Crippen molar-refractivity contribution in [3.63, 3.8) is 0 Å². The minimum Gasteiger partial charge on any atom is -0.494 e. The van der Waals surface area contributed by atoms with E-state index in [9.17, 15) is 17.7 Å². The number of aliphatic carboxylic acids is 1. The molecule has 8 rings (SSSR count). The Morgan fingerprint density at radius 1 is 1.00 bits per heavy atom. The lowest BCUT2D eigenvalue weighted by Crippen LogP contribution is -2.48. The first-order chi connectivity index (χ1) is 29.5. The molecule has 4 N–H and O–H groups in total. The van der Waals surface area contributed by atoms with Crippen molar-refractivity contribution in [2.24, 2.45) is 18.4 Å². The zero-order chi connectivity index (χ0) is 44.2. The summed E-state index contributed by atoms with van der Waals surface area (Å²) in [4.78, 5) is 32.6. The third-order valence-corrected chi connectivity index (χ3v) is 14.1. The summed E-state index contributed by atoms with van der Waals surface area (Å²) in [6.07, 6.45) is 11.5. The zero-order valence-electron chi connectivity index (χ0n) is 35.2. The van der Waals surface area contributed by atoms with E-state index in [2.05, 4.69) is 80.1 Å². The Bertz CT molecular complexity index is 2420. The van der Waals surface area contributed by atoms with E-state index >= 15 is 0 Å². The molecule has 20 heteroatoms. The molecule has 62 heavy (non-hydrogen) atoms. The number of anilines is 5. The van der Waals surface area contributed by atoms with E-state index in [-0.39, 0.29) is 0 Å². The summed E-state index contributed by atoms with van der Waals surface area (Å²) >= 11 is 3.62. The number of carboxylic acids is 1. The molecule has 3 aliphatic heterocycles. The maximum absolute atomic E-state index is 13.6. The third kappa shape index (κ3) is 10.7. The number of aromatic nitrogens is 6. The number of fused-ring (bicyclic) bond motifs is 1. The van der Waals surface area contributed by atoms with Crippen molar-refractivity contribution in [1.29, 1.82) is 0 Å². The van der Waals surface area contributed by atoms with Crippen LogP contribution in [-0.2, 0) is 16.4 Å². The lowest BCUT2D eigenvalue weighted by atomic mass is 9.71. The molecule has 5 aromatic rings. The van der Waals surface area contributed by atoms with Crippen molar-refractivity contribution in [3.05, 3.63) is 59.7 Å². The number of hydrogen-bond donors (Lipinski definition) is 4. The first kappa shape index (κ1) is 45.2. The van der Waals surface area contributed by atoms with Gasteiger partial charge in [-0.15, -0.1) is 0 Å². The summed E-state index contributed by atoms with van der Waals surface area (Å²) in [5.74, 6) is -0.324. The topological polar surface area (TPSA) is 176 Å². The van der Waals surface area contributed by atoms with Gasteiger partial charge in [-0.25, -0.2) is 9.78 Å². The van der Waals surface area contributed by atoms with Crippen LogP contribution in [-0.4, -0.2) is 118 Å². The normalized spacial score (nSPS) is 17.4. The fraction of sp³-hybridized carbons (Fsp3) is 0.476. The number of hydrogen-bond acceptors (Lipinski definition) is 13. The minimum absolute atomic E-state index is 0.374. The van der Waals surface area contributed by atoms with Crippen molar-refractivity contribution in [3.8, 4) is 16.9 Å². The van der Waals surface area contributed by atoms with Crippen molar-refractivity contribution >= 4 is 74.2 Å². The van der Waals surface area contributed by atoms with E-state index in [0.29, 0.717) is 49.4 Å². The summed E-state index contributed by atoms with van der Waals surface area (Å²) in [5.41, 5.74) is 6.35. The summed E-state index contributed by atoms with van der Waals surface area (Å²) in [6.45, 7) is 11.6. The second kappa shape index (κ2) is 18.9. The lowest BCUT2D eigenvalue weighted by Gasteiger charge is -2.48. The molecule has 0 saturated carbocycles. The molecule has 332 valence electrons. The van der Waals surface area contributed by atoms with Crippen LogP contribution in [0, 0.1) is 11.3 Å². The van der Waals surface area contributed by atoms with Gasteiger partial charge in [0.05, 0.1) is 40.0 Å². The van der Waals surface area contributed by atoms with Gasteiger partial charge in [-0.2, -0.15) is 23.3 Å². The number of rotatable bonds is 10. The van der Waals surface area contributed by atoms with Crippen molar-refractivity contribution in [2.45, 2.75) is 44.7 Å². The summed E-state index contributed by atoms with van der Waals surface area (Å²) in [5, 5.41) is 22.6. The molecule has 2 aromatic carbocycles. The maximum atomic E-state index is 13.6. The number of methoxy groups -OCH3 is 1. The van der Waals surface area contributed by atoms with Gasteiger partial charge in [-0.1, -0.05) is 0 Å². The number of piperidine rings is 3. The van der Waals surface area contributed by atoms with Crippen LogP contribution in [0.4, 0.5) is 42.0 Å². The molecule has 0 radical (unpaired) electrons. The fourth-order valence-corrected chi connectivity index (χ4v) is 10.4. The summed E-state index contributed by atoms with van der Waals surface area (Å²) in [7, 11) is 0.875. The largest absolute Gasteiger partial charge is 0.494 e. The number of carboxylic acid groups (broad SMARTS) is 1. The van der Waals surface area contributed by atoms with Gasteiger partial charge < -0.3 is 40.2 Å². The van der Waals surface area contributed by atoms with Gasteiger partial charge in [0.25, 0.3) is 0 Å². The van der Waals surface area contributed by atoms with Crippen LogP contribution in [0.15, 0.2) is 59.7 Å². The van der Waals surface area contributed by atoms with Crippen LogP contribution in [0.25, 0.3) is 22.2 Å². The number of ether oxygens (including phenoxy) is 1. The van der Waals surface area contributed by atoms with Gasteiger partial charge in [-0.05, 0) is 123 Å². The van der Waals surface area contributed by atoms with Crippen molar-refractivity contribution in [2.75, 3.05) is 81.8 Å². The Hall–Kier alpha value is -4.84. The van der Waals surface area contributed by atoms with Crippen LogP contribution in [0.5, 0.6) is 5.75 Å². The Balaban J connectivity index is 0.000000762. The first-order valence-electron chi connectivity index (χ1n) is 20.6. The van der Waals surface area contributed by atoms with E-state index in [1.165, 1.54) is 71.2 Å². The first-order valence-corrected chi connectivity index (χ1v) is 24.0. The number of carbonyl (C=O) groups is 1. The van der Waals surface area contributed by atoms with Crippen molar-refractivity contribution < 1.29 is 32.4 Å². The van der Waals surface area contributed by atoms with Gasteiger partial charge in [0.2, 0.25) is 5.95 Å². The minimum atomic E-state index is -5.08. The molecule has 1 spiro atoms. The molecule has 0 bridgehead atoms. The van der Waals surface area contributed by atoms with Gasteiger partial charge >= 0.3 is 12.1 Å². The number of nitrogens with one attached hydrogen (secondary N) is 3. The number of benzene rings is 2. The number of likely N-dealkylation sites (tertiary alicyclic amines) is 1. The molecule has 3 saturated heterocycles. The number of nitrogens with zero attached hydrogens (tertiary/aromatic N) is 8. The number of alkyl halides is 3. The highest BCUT2D eigenvalue weighted by atomic mass is 79.9. The molecule has 3 aromatic heterocycles. The molecular weight excluding hydrogens is 890 g/mol. The van der Waals surface area contributed by atoms with Crippen molar-refractivity contribution in [1.82, 2.24) is 39.9 Å². The summed E-state index contributed by atoms with van der Waals surface area (Å²) < 4.78 is 53.8. The maximum Gasteiger partial charge on any atom is 0.490 e. The average molecular weight is 943 g/mol. The quantitative estimate of drug-likeness (QED) is 0.101. The van der Waals surface area contributed by atoms with E-state index in [1.807, 2.05) is 30.1 Å². The Kier molecular flexibility index (Phi) is 13.8. The van der Waals surface area contributed by atoms with E-state index < -0.39 is 19.3 Å². The second-order valence-electron chi connectivity index (χ2n) is 16.6. The number of aryl methyl sites for hydroxylation is 1. The van der Waals surface area contributed by atoms with E-state index in [1.54, 1.807) is 39.0 Å². The second-order valence-corrected chi connectivity index (χ2v) is 20.6. The average Bonchev–Trinajstić information content (AvgIpc) is 3.68. The summed E-state index contributed by atoms with van der Waals surface area (Å²) in [6, 6.07) is 8.01. The highest BCUT2D eigenvalue weighted by molar-refractivity contribution is 9.10. The third-order valence-electron chi connectivity index (χ3n) is 12.0. The molecule has 0 atom stereocenters. The van der Waals surface area contributed by atoms with Crippen LogP contribution in [0.1, 0.15) is 38.5 Å². The Morgan fingerprint density at radius 2 is 1.68 bits per heavy atom. The fourth-order valence-electron chi connectivity index (χ4n) is 8.68. The van der Waals surface area contributed by atoms with Crippen LogP contribution in [0.3, 0.4) is 0 Å². The monoisotopic (exact) mass is 941 g/mol. The molecule has 6 heterocycles. The van der Waals surface area contributed by atoms with Crippen LogP contribution >= 0.6 is 23.1 Å². The standard InChI is InChI=1S/C40H51BrN11O2P.C2HF3O2/c1-50-26-28(23-46-50)29-21-33(48-39-45-24-30(41)38(49-39)47-32-6-5-31-36(44-16-15-43-31)37(32)55(3,4)53)35(54-2)22-34(29)52-19-11-40(12-20-52)9-17-51(18-10-40)25-27-7-13-42-14-8-27;3-2(4,5)1(6)7/h5-6,15-16,21-24,26-27,42H,7-14,17-20,25H2,1-4H3,(H2,45,47,48,49);(H,6,7). The highest BCUT2D eigenvalue weighted by Gasteiger charge is 2.39. The predicted molar refractivity (Wildman–Crippen MR) is 239 cm³/mol. The highest BCUT2D eigenvalue weighted by Crippen LogP contribution is 2.46. The van der Waals surface area contributed by atoms with Gasteiger partial charge in [0.1, 0.15) is 24.2 Å². The smallest absolute Gasteiger partial charge is 0.490 e. The molecule has 0 unspecified atom stereocenters.